The Hall–Kier alpha value is -1.97. The maximum absolute atomic E-state index is 5.80. The zero-order chi connectivity index (χ0) is 11.7. The van der Waals surface area contributed by atoms with Crippen molar-refractivity contribution in [2.24, 2.45) is 5.92 Å². The highest BCUT2D eigenvalue weighted by molar-refractivity contribution is 5.73. The predicted octanol–water partition coefficient (Wildman–Crippen LogP) is 2.45. The summed E-state index contributed by atoms with van der Waals surface area (Å²) in [7, 11) is 0. The second kappa shape index (κ2) is 4.13. The number of H-pyrrole nitrogens is 1. The van der Waals surface area contributed by atoms with Crippen LogP contribution in [0.3, 0.4) is 0 Å². The van der Waals surface area contributed by atoms with Crippen molar-refractivity contribution >= 4 is 5.82 Å². The number of nitrogen functional groups attached to an aromatic ring is 1. The predicted molar refractivity (Wildman–Crippen MR) is 66.7 cm³/mol. The molecule has 88 valence electrons. The van der Waals surface area contributed by atoms with E-state index < -0.39 is 0 Å². The number of nitrogens with two attached hydrogens (primary N) is 1. The first-order valence-electron chi connectivity index (χ1n) is 5.85. The maximum atomic E-state index is 5.80. The summed E-state index contributed by atoms with van der Waals surface area (Å²) in [5.74, 6) is 2.25. The van der Waals surface area contributed by atoms with Crippen molar-refractivity contribution in [2.75, 3.05) is 12.3 Å². The van der Waals surface area contributed by atoms with Crippen LogP contribution in [0.25, 0.3) is 11.1 Å². The molecule has 0 radical (unpaired) electrons. The van der Waals surface area contributed by atoms with Crippen molar-refractivity contribution < 1.29 is 4.74 Å². The number of aromatic amines is 1. The molecule has 1 aliphatic carbocycles. The Balaban J connectivity index is 1.80. The number of hydrogen-bond acceptors (Lipinski definition) is 3. The number of rotatable bonds is 4. The van der Waals surface area contributed by atoms with Gasteiger partial charge in [-0.1, -0.05) is 12.1 Å². The second-order valence-corrected chi connectivity index (χ2v) is 4.48. The Morgan fingerprint density at radius 3 is 3.00 bits per heavy atom. The minimum atomic E-state index is 0.587. The van der Waals surface area contributed by atoms with Gasteiger partial charge in [0.25, 0.3) is 0 Å². The average molecular weight is 229 g/mol. The van der Waals surface area contributed by atoms with Gasteiger partial charge >= 0.3 is 0 Å². The van der Waals surface area contributed by atoms with Crippen molar-refractivity contribution in [2.45, 2.75) is 12.8 Å². The number of anilines is 1. The minimum absolute atomic E-state index is 0.587. The Bertz CT molecular complexity index is 517. The van der Waals surface area contributed by atoms with E-state index in [0.717, 1.165) is 29.4 Å². The molecule has 1 aromatic carbocycles. The van der Waals surface area contributed by atoms with E-state index in [-0.39, 0.29) is 0 Å². The Morgan fingerprint density at radius 2 is 2.29 bits per heavy atom. The molecule has 1 fully saturated rings. The highest BCUT2D eigenvalue weighted by Crippen LogP contribution is 2.31. The lowest BCUT2D eigenvalue weighted by molar-refractivity contribution is 0.300. The third-order valence-electron chi connectivity index (χ3n) is 3.00. The number of benzene rings is 1. The zero-order valence-electron chi connectivity index (χ0n) is 9.52. The third-order valence-corrected chi connectivity index (χ3v) is 3.00. The van der Waals surface area contributed by atoms with Gasteiger partial charge in [0.15, 0.2) is 0 Å². The molecule has 4 heteroatoms. The van der Waals surface area contributed by atoms with Gasteiger partial charge in [-0.05, 0) is 36.5 Å². The first kappa shape index (κ1) is 10.2. The summed E-state index contributed by atoms with van der Waals surface area (Å²) in [4.78, 5) is 0. The number of nitrogens with one attached hydrogen (secondary N) is 1. The van der Waals surface area contributed by atoms with E-state index in [4.69, 9.17) is 10.5 Å². The third kappa shape index (κ3) is 2.25. The molecule has 0 spiro atoms. The Kier molecular flexibility index (Phi) is 2.48. The monoisotopic (exact) mass is 229 g/mol. The van der Waals surface area contributed by atoms with E-state index in [0.29, 0.717) is 5.82 Å². The van der Waals surface area contributed by atoms with E-state index >= 15 is 0 Å². The number of ether oxygens (including phenoxy) is 1. The topological polar surface area (TPSA) is 63.9 Å². The van der Waals surface area contributed by atoms with Crippen molar-refractivity contribution in [1.82, 2.24) is 10.2 Å². The molecular formula is C13H15N3O. The maximum Gasteiger partial charge on any atom is 0.126 e. The van der Waals surface area contributed by atoms with Gasteiger partial charge in [-0.25, -0.2) is 0 Å². The first-order chi connectivity index (χ1) is 8.33. The van der Waals surface area contributed by atoms with Crippen LogP contribution in [0.5, 0.6) is 5.75 Å². The van der Waals surface area contributed by atoms with Crippen molar-refractivity contribution in [3.8, 4) is 16.9 Å². The van der Waals surface area contributed by atoms with E-state index in [2.05, 4.69) is 10.2 Å². The summed E-state index contributed by atoms with van der Waals surface area (Å²) in [6.45, 7) is 0.824. The first-order valence-corrected chi connectivity index (χ1v) is 5.85. The summed E-state index contributed by atoms with van der Waals surface area (Å²) in [5.41, 5.74) is 7.75. The van der Waals surface area contributed by atoms with Gasteiger partial charge in [-0.2, -0.15) is 5.10 Å². The fraction of sp³-hybridized carbons (Fsp3) is 0.308. The number of nitrogens with zero attached hydrogens (tertiary/aromatic N) is 1. The molecule has 1 aromatic heterocycles. The fourth-order valence-electron chi connectivity index (χ4n) is 1.78. The SMILES string of the molecule is Nc1[nH]ncc1-c1cccc(OCC2CC2)c1. The van der Waals surface area contributed by atoms with Gasteiger partial charge in [0.1, 0.15) is 11.6 Å². The standard InChI is InChI=1S/C13H15N3O/c14-13-12(7-15-16-13)10-2-1-3-11(6-10)17-8-9-4-5-9/h1-3,6-7,9H,4-5,8H2,(H3,14,15,16). The molecule has 0 saturated heterocycles. The van der Waals surface area contributed by atoms with Gasteiger partial charge in [-0.15, -0.1) is 0 Å². The van der Waals surface area contributed by atoms with Gasteiger partial charge in [0.2, 0.25) is 0 Å². The highest BCUT2D eigenvalue weighted by atomic mass is 16.5. The minimum Gasteiger partial charge on any atom is -0.493 e. The van der Waals surface area contributed by atoms with Crippen LogP contribution in [0.2, 0.25) is 0 Å². The van der Waals surface area contributed by atoms with Crippen molar-refractivity contribution in [3.05, 3.63) is 30.5 Å². The van der Waals surface area contributed by atoms with E-state index in [1.54, 1.807) is 6.20 Å². The summed E-state index contributed by atoms with van der Waals surface area (Å²) in [6, 6.07) is 7.96. The molecule has 0 amide bonds. The molecular weight excluding hydrogens is 214 g/mol. The Morgan fingerprint density at radius 1 is 1.41 bits per heavy atom. The van der Waals surface area contributed by atoms with Crippen LogP contribution in [0, 0.1) is 5.92 Å². The molecule has 17 heavy (non-hydrogen) atoms. The molecule has 1 heterocycles. The number of hydrogen-bond donors (Lipinski definition) is 2. The van der Waals surface area contributed by atoms with Crippen LogP contribution in [-0.4, -0.2) is 16.8 Å². The molecule has 2 aromatic rings. The fourth-order valence-corrected chi connectivity index (χ4v) is 1.78. The second-order valence-electron chi connectivity index (χ2n) is 4.48. The molecule has 1 saturated carbocycles. The molecule has 0 aliphatic heterocycles. The van der Waals surface area contributed by atoms with Crippen LogP contribution >= 0.6 is 0 Å². The van der Waals surface area contributed by atoms with E-state index in [9.17, 15) is 0 Å². The molecule has 1 aliphatic rings. The van der Waals surface area contributed by atoms with Gasteiger partial charge in [-0.3, -0.25) is 5.10 Å². The summed E-state index contributed by atoms with van der Waals surface area (Å²) in [6.07, 6.45) is 4.33. The molecule has 0 atom stereocenters. The lowest BCUT2D eigenvalue weighted by Gasteiger charge is -2.06. The van der Waals surface area contributed by atoms with Crippen LogP contribution in [0.4, 0.5) is 5.82 Å². The van der Waals surface area contributed by atoms with Crippen LogP contribution in [0.1, 0.15) is 12.8 Å². The molecule has 3 rings (SSSR count). The quantitative estimate of drug-likeness (QED) is 0.846. The largest absolute Gasteiger partial charge is 0.493 e. The highest BCUT2D eigenvalue weighted by Gasteiger charge is 2.21. The zero-order valence-corrected chi connectivity index (χ0v) is 9.52. The summed E-state index contributed by atoms with van der Waals surface area (Å²) in [5, 5.41) is 6.65. The lowest BCUT2D eigenvalue weighted by atomic mass is 10.1. The van der Waals surface area contributed by atoms with Crippen molar-refractivity contribution in [1.29, 1.82) is 0 Å². The van der Waals surface area contributed by atoms with Crippen LogP contribution in [-0.2, 0) is 0 Å². The summed E-state index contributed by atoms with van der Waals surface area (Å²) >= 11 is 0. The van der Waals surface area contributed by atoms with Gasteiger partial charge in [0, 0.05) is 5.56 Å². The molecule has 4 nitrogen and oxygen atoms in total. The Labute approximate surface area is 99.8 Å². The van der Waals surface area contributed by atoms with Gasteiger partial charge in [0.05, 0.1) is 12.8 Å². The van der Waals surface area contributed by atoms with Crippen LogP contribution in [0.15, 0.2) is 30.5 Å². The molecule has 3 N–H and O–H groups in total. The molecule has 0 bridgehead atoms. The van der Waals surface area contributed by atoms with E-state index in [1.807, 2.05) is 24.3 Å². The van der Waals surface area contributed by atoms with Crippen LogP contribution < -0.4 is 10.5 Å². The lowest BCUT2D eigenvalue weighted by Crippen LogP contribution is -1.98. The number of aromatic nitrogens is 2. The smallest absolute Gasteiger partial charge is 0.126 e. The summed E-state index contributed by atoms with van der Waals surface area (Å²) < 4.78 is 5.74. The molecule has 0 unspecified atom stereocenters. The average Bonchev–Trinajstić information content (AvgIpc) is 3.08. The normalized spacial score (nSPS) is 14.8. The van der Waals surface area contributed by atoms with Crippen molar-refractivity contribution in [3.63, 3.8) is 0 Å². The van der Waals surface area contributed by atoms with E-state index in [1.165, 1.54) is 12.8 Å². The van der Waals surface area contributed by atoms with Gasteiger partial charge < -0.3 is 10.5 Å².